The van der Waals surface area contributed by atoms with Crippen LogP contribution in [0, 0.1) is 0 Å². The minimum absolute atomic E-state index is 0.237. The number of nitrogens with two attached hydrogens (primary N) is 1. The van der Waals surface area contributed by atoms with Crippen LogP contribution in [0.1, 0.15) is 22.5 Å². The van der Waals surface area contributed by atoms with Crippen LogP contribution in [0.4, 0.5) is 14.6 Å². The third kappa shape index (κ3) is 1.71. The summed E-state index contributed by atoms with van der Waals surface area (Å²) in [6.07, 6.45) is -2.58. The van der Waals surface area contributed by atoms with Crippen molar-refractivity contribution < 1.29 is 18.7 Å². The van der Waals surface area contributed by atoms with Crippen molar-refractivity contribution in [3.8, 4) is 5.75 Å². The molecule has 0 atom stereocenters. The number of aromatic hydroxyl groups is 1. The van der Waals surface area contributed by atoms with Gasteiger partial charge in [0, 0.05) is 0 Å². The first-order valence-electron chi connectivity index (χ1n) is 3.29. The van der Waals surface area contributed by atoms with Crippen LogP contribution < -0.4 is 5.73 Å². The van der Waals surface area contributed by atoms with Crippen molar-refractivity contribution in [3.05, 3.63) is 17.3 Å². The van der Waals surface area contributed by atoms with E-state index < -0.39 is 23.6 Å². The zero-order valence-corrected chi connectivity index (χ0v) is 6.37. The van der Waals surface area contributed by atoms with Crippen molar-refractivity contribution in [2.75, 3.05) is 5.73 Å². The van der Waals surface area contributed by atoms with E-state index in [0.29, 0.717) is 0 Å². The SMILES string of the molecule is Nc1nc(C=O)c(O)cc1C(F)F. The third-order valence-corrected chi connectivity index (χ3v) is 1.44. The summed E-state index contributed by atoms with van der Waals surface area (Å²) in [6.45, 7) is 0. The summed E-state index contributed by atoms with van der Waals surface area (Å²) in [6, 6.07) is 0.733. The van der Waals surface area contributed by atoms with Gasteiger partial charge in [-0.25, -0.2) is 13.8 Å². The Hall–Kier alpha value is -1.72. The van der Waals surface area contributed by atoms with Crippen molar-refractivity contribution >= 4 is 12.1 Å². The van der Waals surface area contributed by atoms with E-state index in [-0.39, 0.29) is 12.0 Å². The predicted octanol–water partition coefficient (Wildman–Crippen LogP) is 1.12. The second kappa shape index (κ2) is 3.34. The van der Waals surface area contributed by atoms with Gasteiger partial charge < -0.3 is 10.8 Å². The van der Waals surface area contributed by atoms with Gasteiger partial charge in [-0.15, -0.1) is 0 Å². The standard InChI is InChI=1S/C7H6F2N2O2/c8-6(9)3-1-5(13)4(2-12)11-7(3)10/h1-2,6,13H,(H2,10,11). The van der Waals surface area contributed by atoms with Crippen LogP contribution in [0.15, 0.2) is 6.07 Å². The molecule has 0 radical (unpaired) electrons. The topological polar surface area (TPSA) is 76.2 Å². The monoisotopic (exact) mass is 188 g/mol. The highest BCUT2D eigenvalue weighted by molar-refractivity contribution is 5.77. The normalized spacial score (nSPS) is 10.4. The molecule has 0 aromatic carbocycles. The number of halogens is 2. The average Bonchev–Trinajstić information content (AvgIpc) is 2.07. The number of hydrogen-bond donors (Lipinski definition) is 2. The second-order valence-corrected chi connectivity index (χ2v) is 2.29. The van der Waals surface area contributed by atoms with Crippen molar-refractivity contribution in [2.45, 2.75) is 6.43 Å². The van der Waals surface area contributed by atoms with Crippen LogP contribution in [-0.4, -0.2) is 16.4 Å². The van der Waals surface area contributed by atoms with E-state index in [1.165, 1.54) is 0 Å². The fourth-order valence-corrected chi connectivity index (χ4v) is 0.808. The molecule has 1 heterocycles. The molecule has 0 fully saturated rings. The smallest absolute Gasteiger partial charge is 0.267 e. The van der Waals surface area contributed by atoms with Gasteiger partial charge in [-0.2, -0.15) is 0 Å². The molecule has 13 heavy (non-hydrogen) atoms. The summed E-state index contributed by atoms with van der Waals surface area (Å²) in [7, 11) is 0. The molecule has 0 bridgehead atoms. The summed E-state index contributed by atoms with van der Waals surface area (Å²) in [4.78, 5) is 13.5. The van der Waals surface area contributed by atoms with E-state index in [1.807, 2.05) is 0 Å². The second-order valence-electron chi connectivity index (χ2n) is 2.29. The summed E-state index contributed by atoms with van der Waals surface area (Å²) in [5.74, 6) is -1.05. The lowest BCUT2D eigenvalue weighted by Gasteiger charge is -2.05. The largest absolute Gasteiger partial charge is 0.506 e. The van der Waals surface area contributed by atoms with E-state index >= 15 is 0 Å². The molecular weight excluding hydrogens is 182 g/mol. The van der Waals surface area contributed by atoms with Crippen LogP contribution in [0.2, 0.25) is 0 Å². The van der Waals surface area contributed by atoms with Gasteiger partial charge in [0.2, 0.25) is 0 Å². The molecule has 3 N–H and O–H groups in total. The molecular formula is C7H6F2N2O2. The van der Waals surface area contributed by atoms with E-state index in [4.69, 9.17) is 10.8 Å². The molecule has 70 valence electrons. The lowest BCUT2D eigenvalue weighted by molar-refractivity contribution is 0.111. The van der Waals surface area contributed by atoms with Gasteiger partial charge in [-0.1, -0.05) is 0 Å². The van der Waals surface area contributed by atoms with Gasteiger partial charge in [-0.3, -0.25) is 4.79 Å². The number of aldehydes is 1. The lowest BCUT2D eigenvalue weighted by Crippen LogP contribution is -2.01. The Labute approximate surface area is 72.0 Å². The highest BCUT2D eigenvalue weighted by Crippen LogP contribution is 2.27. The first-order chi connectivity index (χ1) is 6.06. The number of pyridine rings is 1. The van der Waals surface area contributed by atoms with Crippen LogP contribution in [0.25, 0.3) is 0 Å². The minimum atomic E-state index is -2.82. The van der Waals surface area contributed by atoms with Crippen molar-refractivity contribution in [2.24, 2.45) is 0 Å². The van der Waals surface area contributed by atoms with Crippen LogP contribution in [0.5, 0.6) is 5.75 Å². The molecule has 0 aliphatic rings. The van der Waals surface area contributed by atoms with Crippen LogP contribution in [0.3, 0.4) is 0 Å². The number of rotatable bonds is 2. The maximum absolute atomic E-state index is 12.1. The number of carbonyl (C=O) groups excluding carboxylic acids is 1. The molecule has 0 saturated carbocycles. The fourth-order valence-electron chi connectivity index (χ4n) is 0.808. The maximum Gasteiger partial charge on any atom is 0.267 e. The van der Waals surface area contributed by atoms with E-state index in [1.54, 1.807) is 0 Å². The molecule has 0 spiro atoms. The quantitative estimate of drug-likeness (QED) is 0.682. The number of hydrogen-bond acceptors (Lipinski definition) is 4. The lowest BCUT2D eigenvalue weighted by atomic mass is 10.2. The Kier molecular flexibility index (Phi) is 2.41. The van der Waals surface area contributed by atoms with Gasteiger partial charge in [0.1, 0.15) is 17.3 Å². The van der Waals surface area contributed by atoms with Crippen molar-refractivity contribution in [1.82, 2.24) is 4.98 Å². The zero-order chi connectivity index (χ0) is 10.0. The van der Waals surface area contributed by atoms with E-state index in [9.17, 15) is 13.6 Å². The first-order valence-corrected chi connectivity index (χ1v) is 3.29. The van der Waals surface area contributed by atoms with Crippen molar-refractivity contribution in [3.63, 3.8) is 0 Å². The molecule has 0 saturated heterocycles. The highest BCUT2D eigenvalue weighted by Gasteiger charge is 2.15. The summed E-state index contributed by atoms with van der Waals surface area (Å²) in [5, 5.41) is 8.98. The Morgan fingerprint density at radius 1 is 1.62 bits per heavy atom. The van der Waals surface area contributed by atoms with Gasteiger partial charge in [-0.05, 0) is 6.07 Å². The number of aromatic nitrogens is 1. The Morgan fingerprint density at radius 2 is 2.23 bits per heavy atom. The molecule has 0 amide bonds. The molecule has 0 unspecified atom stereocenters. The minimum Gasteiger partial charge on any atom is -0.506 e. The fraction of sp³-hybridized carbons (Fsp3) is 0.143. The third-order valence-electron chi connectivity index (χ3n) is 1.44. The first kappa shape index (κ1) is 9.37. The summed E-state index contributed by atoms with van der Waals surface area (Å²) < 4.78 is 24.2. The molecule has 0 aliphatic heterocycles. The summed E-state index contributed by atoms with van der Waals surface area (Å²) in [5.41, 5.74) is 4.18. The summed E-state index contributed by atoms with van der Waals surface area (Å²) >= 11 is 0. The van der Waals surface area contributed by atoms with Gasteiger partial charge >= 0.3 is 0 Å². The number of nitrogen functional groups attached to an aromatic ring is 1. The zero-order valence-electron chi connectivity index (χ0n) is 6.37. The number of anilines is 1. The van der Waals surface area contributed by atoms with Crippen LogP contribution in [-0.2, 0) is 0 Å². The number of nitrogens with zero attached hydrogens (tertiary/aromatic N) is 1. The number of carbonyl (C=O) groups is 1. The molecule has 1 aromatic heterocycles. The predicted molar refractivity (Wildman–Crippen MR) is 40.7 cm³/mol. The van der Waals surface area contributed by atoms with Gasteiger partial charge in [0.15, 0.2) is 6.29 Å². The molecule has 0 aliphatic carbocycles. The number of alkyl halides is 2. The van der Waals surface area contributed by atoms with E-state index in [0.717, 1.165) is 6.07 Å². The van der Waals surface area contributed by atoms with E-state index in [2.05, 4.69) is 4.98 Å². The van der Waals surface area contributed by atoms with Gasteiger partial charge in [0.25, 0.3) is 6.43 Å². The highest BCUT2D eigenvalue weighted by atomic mass is 19.3. The molecule has 1 aromatic rings. The Morgan fingerprint density at radius 3 is 2.69 bits per heavy atom. The van der Waals surface area contributed by atoms with Gasteiger partial charge in [0.05, 0.1) is 5.56 Å². The average molecular weight is 188 g/mol. The molecule has 4 nitrogen and oxygen atoms in total. The Balaban J connectivity index is 3.28. The molecule has 1 rings (SSSR count). The van der Waals surface area contributed by atoms with Crippen LogP contribution >= 0.6 is 0 Å². The molecule has 6 heteroatoms. The van der Waals surface area contributed by atoms with Crippen molar-refractivity contribution in [1.29, 1.82) is 0 Å². The maximum atomic E-state index is 12.1. The Bertz CT molecular complexity index is 342.